The Morgan fingerprint density at radius 3 is 2.69 bits per heavy atom. The lowest BCUT2D eigenvalue weighted by molar-refractivity contribution is -0.137. The van der Waals surface area contributed by atoms with E-state index in [9.17, 15) is 18.0 Å². The molecule has 1 unspecified atom stereocenters. The Kier molecular flexibility index (Phi) is 4.64. The zero-order valence-corrected chi connectivity index (χ0v) is 15.8. The quantitative estimate of drug-likeness (QED) is 0.627. The molecule has 0 bridgehead atoms. The van der Waals surface area contributed by atoms with Crippen molar-refractivity contribution >= 4 is 11.6 Å². The summed E-state index contributed by atoms with van der Waals surface area (Å²) in [5.41, 5.74) is 2.32. The topological polar surface area (TPSA) is 59.2 Å². The Hall–Kier alpha value is -3.16. The van der Waals surface area contributed by atoms with Gasteiger partial charge in [0.15, 0.2) is 0 Å². The standard InChI is InChI=1S/C21H18F3N3O2/c1-12-6-7-13(2)17(8-12)19-25-20(29-26-19)14-9-18(28)27(11-14)16-5-3-4-15(10-16)21(22,23)24/h3-8,10,14H,9,11H2,1-2H3. The normalized spacial score (nSPS) is 17.2. The van der Waals surface area contributed by atoms with E-state index in [1.807, 2.05) is 32.0 Å². The molecule has 1 saturated heterocycles. The van der Waals surface area contributed by atoms with E-state index in [0.29, 0.717) is 11.7 Å². The van der Waals surface area contributed by atoms with Crippen LogP contribution in [0.25, 0.3) is 11.4 Å². The average Bonchev–Trinajstić information content (AvgIpc) is 3.30. The highest BCUT2D eigenvalue weighted by Crippen LogP contribution is 2.36. The molecule has 0 saturated carbocycles. The van der Waals surface area contributed by atoms with Crippen LogP contribution in [0.3, 0.4) is 0 Å². The fourth-order valence-electron chi connectivity index (χ4n) is 3.46. The highest BCUT2D eigenvalue weighted by Gasteiger charge is 2.37. The Bertz CT molecular complexity index is 1080. The Balaban J connectivity index is 1.58. The molecule has 2 aromatic carbocycles. The summed E-state index contributed by atoms with van der Waals surface area (Å²) < 4.78 is 44.3. The summed E-state index contributed by atoms with van der Waals surface area (Å²) in [4.78, 5) is 18.2. The number of nitrogens with zero attached hydrogens (tertiary/aromatic N) is 3. The lowest BCUT2D eigenvalue weighted by Gasteiger charge is -2.17. The van der Waals surface area contributed by atoms with Crippen LogP contribution < -0.4 is 4.90 Å². The van der Waals surface area contributed by atoms with E-state index in [2.05, 4.69) is 10.1 Å². The number of rotatable bonds is 3. The summed E-state index contributed by atoms with van der Waals surface area (Å²) in [5, 5.41) is 4.04. The van der Waals surface area contributed by atoms with Crippen LogP contribution in [0, 0.1) is 13.8 Å². The molecule has 4 rings (SSSR count). The van der Waals surface area contributed by atoms with Gasteiger partial charge in [0.05, 0.1) is 11.5 Å². The molecule has 1 aromatic heterocycles. The van der Waals surface area contributed by atoms with Crippen LogP contribution in [-0.4, -0.2) is 22.6 Å². The number of carbonyl (C=O) groups is 1. The number of hydrogen-bond donors (Lipinski definition) is 0. The van der Waals surface area contributed by atoms with Gasteiger partial charge in [-0.25, -0.2) is 0 Å². The Morgan fingerprint density at radius 2 is 1.93 bits per heavy atom. The van der Waals surface area contributed by atoms with Gasteiger partial charge in [-0.05, 0) is 43.7 Å². The van der Waals surface area contributed by atoms with E-state index in [1.165, 1.54) is 17.0 Å². The fraction of sp³-hybridized carbons (Fsp3) is 0.286. The third-order valence-corrected chi connectivity index (χ3v) is 5.04. The van der Waals surface area contributed by atoms with Crippen molar-refractivity contribution in [3.05, 3.63) is 65.0 Å². The molecule has 8 heteroatoms. The van der Waals surface area contributed by atoms with Gasteiger partial charge in [-0.1, -0.05) is 28.9 Å². The molecule has 3 aromatic rings. The molecule has 0 N–H and O–H groups in total. The summed E-state index contributed by atoms with van der Waals surface area (Å²) >= 11 is 0. The van der Waals surface area contributed by atoms with Crippen molar-refractivity contribution in [2.75, 3.05) is 11.4 Å². The average molecular weight is 401 g/mol. The third kappa shape index (κ3) is 3.74. The summed E-state index contributed by atoms with van der Waals surface area (Å²) in [6.45, 7) is 4.10. The number of aryl methyl sites for hydroxylation is 2. The number of amides is 1. The molecule has 0 spiro atoms. The minimum absolute atomic E-state index is 0.102. The summed E-state index contributed by atoms with van der Waals surface area (Å²) in [5.74, 6) is 0.0964. The molecule has 5 nitrogen and oxygen atoms in total. The smallest absolute Gasteiger partial charge is 0.339 e. The van der Waals surface area contributed by atoms with E-state index in [0.717, 1.165) is 28.8 Å². The number of carbonyl (C=O) groups excluding carboxylic acids is 1. The van der Waals surface area contributed by atoms with Gasteiger partial charge in [0.2, 0.25) is 17.6 Å². The number of halogens is 3. The second-order valence-corrected chi connectivity index (χ2v) is 7.23. The second kappa shape index (κ2) is 7.02. The van der Waals surface area contributed by atoms with Crippen molar-refractivity contribution in [2.45, 2.75) is 32.4 Å². The zero-order chi connectivity index (χ0) is 20.8. The molecule has 0 aliphatic carbocycles. The molecule has 1 atom stereocenters. The molecule has 1 fully saturated rings. The van der Waals surface area contributed by atoms with Crippen molar-refractivity contribution in [1.29, 1.82) is 0 Å². The van der Waals surface area contributed by atoms with E-state index in [-0.39, 0.29) is 30.5 Å². The maximum atomic E-state index is 13.0. The van der Waals surface area contributed by atoms with Crippen LogP contribution in [0.4, 0.5) is 18.9 Å². The first-order valence-electron chi connectivity index (χ1n) is 9.11. The van der Waals surface area contributed by atoms with Gasteiger partial charge in [0.25, 0.3) is 0 Å². The van der Waals surface area contributed by atoms with Crippen molar-refractivity contribution in [1.82, 2.24) is 10.1 Å². The largest absolute Gasteiger partial charge is 0.416 e. The molecule has 1 aliphatic rings. The monoisotopic (exact) mass is 401 g/mol. The van der Waals surface area contributed by atoms with Gasteiger partial charge in [-0.3, -0.25) is 4.79 Å². The van der Waals surface area contributed by atoms with Gasteiger partial charge < -0.3 is 9.42 Å². The van der Waals surface area contributed by atoms with Crippen LogP contribution in [0.15, 0.2) is 47.0 Å². The molecule has 1 aliphatic heterocycles. The lowest BCUT2D eigenvalue weighted by Crippen LogP contribution is -2.24. The number of aromatic nitrogens is 2. The number of anilines is 1. The minimum Gasteiger partial charge on any atom is -0.339 e. The van der Waals surface area contributed by atoms with E-state index in [1.54, 1.807) is 0 Å². The minimum atomic E-state index is -4.47. The molecular weight excluding hydrogens is 383 g/mol. The summed E-state index contributed by atoms with van der Waals surface area (Å²) in [6, 6.07) is 10.7. The lowest BCUT2D eigenvalue weighted by atomic mass is 10.1. The van der Waals surface area contributed by atoms with Crippen LogP contribution >= 0.6 is 0 Å². The Labute approximate surface area is 165 Å². The first kappa shape index (κ1) is 19.2. The van der Waals surface area contributed by atoms with Gasteiger partial charge >= 0.3 is 6.18 Å². The molecule has 29 heavy (non-hydrogen) atoms. The van der Waals surface area contributed by atoms with Crippen molar-refractivity contribution < 1.29 is 22.5 Å². The second-order valence-electron chi connectivity index (χ2n) is 7.23. The number of benzene rings is 2. The SMILES string of the molecule is Cc1ccc(C)c(-c2noc(C3CC(=O)N(c4cccc(C(F)(F)F)c4)C3)n2)c1. The van der Waals surface area contributed by atoms with E-state index >= 15 is 0 Å². The van der Waals surface area contributed by atoms with Gasteiger partial charge in [-0.15, -0.1) is 0 Å². The highest BCUT2D eigenvalue weighted by atomic mass is 19.4. The molecule has 1 amide bonds. The fourth-order valence-corrected chi connectivity index (χ4v) is 3.46. The van der Waals surface area contributed by atoms with Gasteiger partial charge in [0, 0.05) is 24.2 Å². The Morgan fingerprint density at radius 1 is 1.14 bits per heavy atom. The van der Waals surface area contributed by atoms with Gasteiger partial charge in [-0.2, -0.15) is 18.2 Å². The maximum Gasteiger partial charge on any atom is 0.416 e. The van der Waals surface area contributed by atoms with Crippen LogP contribution in [-0.2, 0) is 11.0 Å². The van der Waals surface area contributed by atoms with E-state index in [4.69, 9.17) is 4.52 Å². The third-order valence-electron chi connectivity index (χ3n) is 5.04. The zero-order valence-electron chi connectivity index (χ0n) is 15.8. The predicted molar refractivity (Wildman–Crippen MR) is 100 cm³/mol. The first-order chi connectivity index (χ1) is 13.7. The van der Waals surface area contributed by atoms with E-state index < -0.39 is 11.7 Å². The highest BCUT2D eigenvalue weighted by molar-refractivity contribution is 5.96. The van der Waals surface area contributed by atoms with Crippen LogP contribution in [0.5, 0.6) is 0 Å². The van der Waals surface area contributed by atoms with Gasteiger partial charge in [0.1, 0.15) is 0 Å². The van der Waals surface area contributed by atoms with Crippen molar-refractivity contribution in [2.24, 2.45) is 0 Å². The maximum absolute atomic E-state index is 13.0. The summed E-state index contributed by atoms with van der Waals surface area (Å²) in [7, 11) is 0. The van der Waals surface area contributed by atoms with Crippen LogP contribution in [0.2, 0.25) is 0 Å². The van der Waals surface area contributed by atoms with Crippen LogP contribution in [0.1, 0.15) is 34.9 Å². The molecular formula is C21H18F3N3O2. The molecule has 2 heterocycles. The van der Waals surface area contributed by atoms with Crippen molar-refractivity contribution in [3.63, 3.8) is 0 Å². The van der Waals surface area contributed by atoms with Crippen molar-refractivity contribution in [3.8, 4) is 11.4 Å². The summed E-state index contributed by atoms with van der Waals surface area (Å²) in [6.07, 6.45) is -4.37. The molecule has 150 valence electrons. The number of hydrogen-bond acceptors (Lipinski definition) is 4. The molecule has 0 radical (unpaired) electrons. The number of alkyl halides is 3. The first-order valence-corrected chi connectivity index (χ1v) is 9.11. The predicted octanol–water partition coefficient (Wildman–Crippen LogP) is 4.89.